The zero-order valence-corrected chi connectivity index (χ0v) is 19.1. The minimum absolute atomic E-state index is 0.173. The molecule has 3 nitrogen and oxygen atoms in total. The molecule has 0 saturated heterocycles. The van der Waals surface area contributed by atoms with E-state index in [-0.39, 0.29) is 6.61 Å². The van der Waals surface area contributed by atoms with E-state index in [1.54, 1.807) is 31.4 Å². The van der Waals surface area contributed by atoms with Crippen molar-refractivity contribution in [2.45, 2.75) is 13.2 Å². The molecule has 0 aliphatic carbocycles. The minimum atomic E-state index is -0.393. The molecule has 0 saturated carbocycles. The van der Waals surface area contributed by atoms with Crippen molar-refractivity contribution in [3.63, 3.8) is 0 Å². The van der Waals surface area contributed by atoms with Gasteiger partial charge in [-0.1, -0.05) is 40.9 Å². The largest absolute Gasteiger partial charge is 0.493 e. The second-order valence-corrected chi connectivity index (χ2v) is 8.28. The summed E-state index contributed by atoms with van der Waals surface area (Å²) in [6.07, 6.45) is 0. The first-order chi connectivity index (χ1) is 13.9. The number of benzene rings is 3. The van der Waals surface area contributed by atoms with Crippen molar-refractivity contribution >= 4 is 56.4 Å². The van der Waals surface area contributed by atoms with Crippen molar-refractivity contribution in [3.8, 4) is 11.5 Å². The molecule has 0 aromatic heterocycles. The van der Waals surface area contributed by atoms with E-state index in [0.717, 1.165) is 15.7 Å². The third-order valence-electron chi connectivity index (χ3n) is 4.04. The summed E-state index contributed by atoms with van der Waals surface area (Å²) in [5.74, 6) is 0.691. The lowest BCUT2D eigenvalue weighted by atomic mass is 10.2. The Morgan fingerprint density at radius 3 is 2.38 bits per heavy atom. The molecule has 152 valence electrons. The molecule has 0 spiro atoms. The Morgan fingerprint density at radius 1 is 1.00 bits per heavy atom. The summed E-state index contributed by atoms with van der Waals surface area (Å²) in [7, 11) is 1.56. The smallest absolute Gasteiger partial charge is 0.175 e. The number of hydrogen-bond donors (Lipinski definition) is 1. The Morgan fingerprint density at radius 2 is 1.72 bits per heavy atom. The molecule has 0 heterocycles. The van der Waals surface area contributed by atoms with Crippen LogP contribution in [-0.4, -0.2) is 7.11 Å². The number of anilines is 1. The van der Waals surface area contributed by atoms with Crippen molar-refractivity contribution in [1.82, 2.24) is 0 Å². The number of nitrogens with one attached hydrogen (secondary N) is 1. The molecular weight excluding hydrogens is 503 g/mol. The standard InChI is InChI=1S/C21H16BrCl3FNO2/c1-28-20-5-12(10-27-17-7-14(23)6-15(24)8-17)4-18(22)21(20)29-11-13-2-3-16(26)9-19(13)25/h2-9,27H,10-11H2,1H3. The van der Waals surface area contributed by atoms with Gasteiger partial charge in [-0.15, -0.1) is 0 Å². The Balaban J connectivity index is 1.74. The zero-order chi connectivity index (χ0) is 21.0. The molecule has 0 aliphatic rings. The Kier molecular flexibility index (Phi) is 7.52. The lowest BCUT2D eigenvalue weighted by molar-refractivity contribution is 0.282. The molecule has 0 unspecified atom stereocenters. The minimum Gasteiger partial charge on any atom is -0.493 e. The summed E-state index contributed by atoms with van der Waals surface area (Å²) >= 11 is 21.7. The normalized spacial score (nSPS) is 10.7. The Bertz CT molecular complexity index is 1010. The van der Waals surface area contributed by atoms with Gasteiger partial charge in [-0.25, -0.2) is 4.39 Å². The second kappa shape index (κ2) is 9.90. The van der Waals surface area contributed by atoms with Crippen LogP contribution in [0.2, 0.25) is 15.1 Å². The van der Waals surface area contributed by atoms with Crippen LogP contribution in [0.5, 0.6) is 11.5 Å². The highest BCUT2D eigenvalue weighted by molar-refractivity contribution is 9.10. The molecule has 0 fully saturated rings. The third kappa shape index (κ3) is 5.92. The summed E-state index contributed by atoms with van der Waals surface area (Å²) in [5.41, 5.74) is 2.44. The van der Waals surface area contributed by atoms with Crippen LogP contribution in [0.1, 0.15) is 11.1 Å². The van der Waals surface area contributed by atoms with E-state index >= 15 is 0 Å². The third-order valence-corrected chi connectivity index (χ3v) is 5.41. The highest BCUT2D eigenvalue weighted by Gasteiger charge is 2.13. The molecular formula is C21H16BrCl3FNO2. The molecule has 0 bridgehead atoms. The van der Waals surface area contributed by atoms with Crippen molar-refractivity contribution in [2.24, 2.45) is 0 Å². The average molecular weight is 520 g/mol. The quantitative estimate of drug-likeness (QED) is 0.346. The molecule has 0 aliphatic heterocycles. The molecule has 0 amide bonds. The first kappa shape index (κ1) is 22.0. The molecule has 0 radical (unpaired) electrons. The fourth-order valence-corrected chi connectivity index (χ4v) is 4.02. The predicted molar refractivity (Wildman–Crippen MR) is 120 cm³/mol. The molecule has 1 N–H and O–H groups in total. The van der Waals surface area contributed by atoms with Gasteiger partial charge in [-0.2, -0.15) is 0 Å². The van der Waals surface area contributed by atoms with Crippen LogP contribution in [0, 0.1) is 5.82 Å². The van der Waals surface area contributed by atoms with Crippen LogP contribution in [0.15, 0.2) is 53.0 Å². The fourth-order valence-electron chi connectivity index (χ4n) is 2.66. The van der Waals surface area contributed by atoms with Gasteiger partial charge in [-0.05, 0) is 64.0 Å². The highest BCUT2D eigenvalue weighted by atomic mass is 79.9. The number of ether oxygens (including phenoxy) is 2. The monoisotopic (exact) mass is 517 g/mol. The molecule has 3 aromatic rings. The van der Waals surface area contributed by atoms with Gasteiger partial charge in [0.05, 0.1) is 16.6 Å². The summed E-state index contributed by atoms with van der Waals surface area (Å²) in [6.45, 7) is 0.697. The average Bonchev–Trinajstić information content (AvgIpc) is 2.65. The summed E-state index contributed by atoms with van der Waals surface area (Å²) in [4.78, 5) is 0. The van der Waals surface area contributed by atoms with Crippen molar-refractivity contribution < 1.29 is 13.9 Å². The van der Waals surface area contributed by atoms with E-state index in [1.807, 2.05) is 12.1 Å². The van der Waals surface area contributed by atoms with E-state index in [4.69, 9.17) is 44.3 Å². The summed E-state index contributed by atoms with van der Waals surface area (Å²) in [5, 5.41) is 4.69. The van der Waals surface area contributed by atoms with Gasteiger partial charge in [0.25, 0.3) is 0 Å². The number of rotatable bonds is 7. The zero-order valence-electron chi connectivity index (χ0n) is 15.2. The van der Waals surface area contributed by atoms with E-state index < -0.39 is 5.82 Å². The number of hydrogen-bond acceptors (Lipinski definition) is 3. The first-order valence-electron chi connectivity index (χ1n) is 8.49. The fraction of sp³-hybridized carbons (Fsp3) is 0.143. The van der Waals surface area contributed by atoms with Gasteiger partial charge in [-0.3, -0.25) is 0 Å². The maximum Gasteiger partial charge on any atom is 0.175 e. The molecule has 3 aromatic carbocycles. The topological polar surface area (TPSA) is 30.5 Å². The van der Waals surface area contributed by atoms with E-state index in [1.165, 1.54) is 12.1 Å². The van der Waals surface area contributed by atoms with Crippen LogP contribution < -0.4 is 14.8 Å². The SMILES string of the molecule is COc1cc(CNc2cc(Cl)cc(Cl)c2)cc(Br)c1OCc1ccc(F)cc1Cl. The lowest BCUT2D eigenvalue weighted by Gasteiger charge is -2.16. The molecule has 29 heavy (non-hydrogen) atoms. The van der Waals surface area contributed by atoms with E-state index in [2.05, 4.69) is 21.2 Å². The molecule has 8 heteroatoms. The molecule has 3 rings (SSSR count). The van der Waals surface area contributed by atoms with Crippen molar-refractivity contribution in [2.75, 3.05) is 12.4 Å². The van der Waals surface area contributed by atoms with Gasteiger partial charge >= 0.3 is 0 Å². The van der Waals surface area contributed by atoms with Gasteiger partial charge in [0.15, 0.2) is 11.5 Å². The van der Waals surface area contributed by atoms with Gasteiger partial charge in [0.2, 0.25) is 0 Å². The van der Waals surface area contributed by atoms with Crippen LogP contribution in [0.25, 0.3) is 0 Å². The first-order valence-corrected chi connectivity index (χ1v) is 10.4. The van der Waals surface area contributed by atoms with E-state index in [0.29, 0.717) is 38.7 Å². The van der Waals surface area contributed by atoms with Crippen molar-refractivity contribution in [3.05, 3.63) is 85.0 Å². The van der Waals surface area contributed by atoms with Gasteiger partial charge in [0.1, 0.15) is 12.4 Å². The lowest BCUT2D eigenvalue weighted by Crippen LogP contribution is -2.03. The Hall–Kier alpha value is -1.66. The molecule has 0 atom stereocenters. The van der Waals surface area contributed by atoms with Crippen LogP contribution in [0.3, 0.4) is 0 Å². The predicted octanol–water partition coefficient (Wildman–Crippen LogP) is 7.75. The second-order valence-electron chi connectivity index (χ2n) is 6.15. The van der Waals surface area contributed by atoms with Crippen molar-refractivity contribution in [1.29, 1.82) is 0 Å². The highest BCUT2D eigenvalue weighted by Crippen LogP contribution is 2.38. The summed E-state index contributed by atoms with van der Waals surface area (Å²) in [6, 6.07) is 13.2. The van der Waals surface area contributed by atoms with Gasteiger partial charge < -0.3 is 14.8 Å². The van der Waals surface area contributed by atoms with Crippen LogP contribution in [0.4, 0.5) is 10.1 Å². The van der Waals surface area contributed by atoms with E-state index in [9.17, 15) is 4.39 Å². The number of halogens is 5. The Labute approximate surface area is 191 Å². The van der Waals surface area contributed by atoms with Crippen LogP contribution >= 0.6 is 50.7 Å². The van der Waals surface area contributed by atoms with Crippen LogP contribution in [-0.2, 0) is 13.2 Å². The summed E-state index contributed by atoms with van der Waals surface area (Å²) < 4.78 is 25.3. The maximum absolute atomic E-state index is 13.2. The van der Waals surface area contributed by atoms with Gasteiger partial charge in [0, 0.05) is 27.8 Å². The number of methoxy groups -OCH3 is 1. The maximum atomic E-state index is 13.2.